The van der Waals surface area contributed by atoms with Crippen molar-refractivity contribution in [2.75, 3.05) is 0 Å². The minimum Gasteiger partial charge on any atom is -0.366 e. The normalized spacial score (nSPS) is 16.9. The Kier molecular flexibility index (Phi) is 4.47. The standard InChI is InChI=1S/C20H18F3N3O/c21-20(22,23)17-8-6-15(7-9-17)12-27-18(16-4-2-1-3-5-16)19(10-11-19)26-14-24-13-25-26/h1-9,13-14,18H,10-12H2. The van der Waals surface area contributed by atoms with Gasteiger partial charge in [0.05, 0.1) is 17.7 Å². The van der Waals surface area contributed by atoms with Crippen LogP contribution in [0.3, 0.4) is 0 Å². The molecule has 7 heteroatoms. The van der Waals surface area contributed by atoms with Crippen molar-refractivity contribution in [3.8, 4) is 0 Å². The summed E-state index contributed by atoms with van der Waals surface area (Å²) in [5.41, 5.74) is 0.743. The summed E-state index contributed by atoms with van der Waals surface area (Å²) in [6.45, 7) is 0.216. The highest BCUT2D eigenvalue weighted by atomic mass is 19.4. The Morgan fingerprint density at radius 2 is 1.74 bits per heavy atom. The van der Waals surface area contributed by atoms with Crippen LogP contribution >= 0.6 is 0 Å². The first-order valence-corrected chi connectivity index (χ1v) is 8.67. The van der Waals surface area contributed by atoms with Gasteiger partial charge in [0.1, 0.15) is 18.8 Å². The third-order valence-corrected chi connectivity index (χ3v) is 4.93. The van der Waals surface area contributed by atoms with E-state index >= 15 is 0 Å². The molecule has 0 spiro atoms. The fourth-order valence-electron chi connectivity index (χ4n) is 3.34. The molecule has 0 radical (unpaired) electrons. The number of ether oxygens (including phenoxy) is 1. The zero-order chi connectivity index (χ0) is 18.9. The molecule has 1 saturated carbocycles. The van der Waals surface area contributed by atoms with Crippen molar-refractivity contribution in [1.82, 2.24) is 14.8 Å². The SMILES string of the molecule is FC(F)(F)c1ccc(COC(c2ccccc2)C2(n3cncn3)CC2)cc1. The average molecular weight is 373 g/mol. The molecule has 0 N–H and O–H groups in total. The van der Waals surface area contributed by atoms with Gasteiger partial charge in [-0.1, -0.05) is 42.5 Å². The average Bonchev–Trinajstić information content (AvgIpc) is 3.26. The van der Waals surface area contributed by atoms with E-state index in [-0.39, 0.29) is 18.2 Å². The van der Waals surface area contributed by atoms with Crippen LogP contribution in [0.5, 0.6) is 0 Å². The lowest BCUT2D eigenvalue weighted by molar-refractivity contribution is -0.137. The van der Waals surface area contributed by atoms with Crippen LogP contribution in [-0.2, 0) is 23.1 Å². The molecule has 4 rings (SSSR count). The molecule has 0 amide bonds. The molecule has 27 heavy (non-hydrogen) atoms. The first-order valence-electron chi connectivity index (χ1n) is 8.67. The van der Waals surface area contributed by atoms with E-state index in [9.17, 15) is 13.2 Å². The quantitative estimate of drug-likeness (QED) is 0.626. The second kappa shape index (κ2) is 6.81. The van der Waals surface area contributed by atoms with Gasteiger partial charge in [-0.2, -0.15) is 18.3 Å². The Bertz CT molecular complexity index is 873. The smallest absolute Gasteiger partial charge is 0.366 e. The molecule has 1 aromatic heterocycles. The molecule has 0 aliphatic heterocycles. The van der Waals surface area contributed by atoms with E-state index < -0.39 is 11.7 Å². The molecular weight excluding hydrogens is 355 g/mol. The van der Waals surface area contributed by atoms with Crippen LogP contribution in [-0.4, -0.2) is 14.8 Å². The molecule has 0 bridgehead atoms. The van der Waals surface area contributed by atoms with Crippen LogP contribution in [0.2, 0.25) is 0 Å². The summed E-state index contributed by atoms with van der Waals surface area (Å²) in [6.07, 6.45) is 0.397. The van der Waals surface area contributed by atoms with E-state index in [1.165, 1.54) is 18.5 Å². The van der Waals surface area contributed by atoms with E-state index in [4.69, 9.17) is 4.74 Å². The fraction of sp³-hybridized carbons (Fsp3) is 0.300. The van der Waals surface area contributed by atoms with Crippen LogP contribution in [0.1, 0.15) is 35.6 Å². The number of alkyl halides is 3. The monoisotopic (exact) mass is 373 g/mol. The molecule has 1 aliphatic rings. The highest BCUT2D eigenvalue weighted by Crippen LogP contribution is 2.54. The summed E-state index contributed by atoms with van der Waals surface area (Å²) in [5, 5.41) is 4.29. The Morgan fingerprint density at radius 1 is 1.04 bits per heavy atom. The Hall–Kier alpha value is -2.67. The van der Waals surface area contributed by atoms with Gasteiger partial charge < -0.3 is 4.74 Å². The van der Waals surface area contributed by atoms with E-state index in [1.54, 1.807) is 6.33 Å². The second-order valence-electron chi connectivity index (χ2n) is 6.74. The summed E-state index contributed by atoms with van der Waals surface area (Å²) in [6, 6.07) is 14.9. The van der Waals surface area contributed by atoms with Crippen LogP contribution in [0.15, 0.2) is 67.3 Å². The van der Waals surface area contributed by atoms with Crippen LogP contribution < -0.4 is 0 Å². The van der Waals surface area contributed by atoms with Gasteiger partial charge in [0.2, 0.25) is 0 Å². The molecule has 1 unspecified atom stereocenters. The number of aromatic nitrogens is 3. The lowest BCUT2D eigenvalue weighted by Gasteiger charge is -2.28. The molecule has 140 valence electrons. The molecule has 4 nitrogen and oxygen atoms in total. The molecule has 1 heterocycles. The Balaban J connectivity index is 1.56. The number of halogens is 3. The summed E-state index contributed by atoms with van der Waals surface area (Å²) >= 11 is 0. The minimum atomic E-state index is -4.34. The highest BCUT2D eigenvalue weighted by molar-refractivity contribution is 5.26. The Labute approximate surface area is 154 Å². The van der Waals surface area contributed by atoms with Gasteiger partial charge in [0, 0.05) is 0 Å². The van der Waals surface area contributed by atoms with Crippen molar-refractivity contribution < 1.29 is 17.9 Å². The molecule has 0 saturated heterocycles. The van der Waals surface area contributed by atoms with E-state index in [0.29, 0.717) is 5.56 Å². The predicted octanol–water partition coefficient (Wildman–Crippen LogP) is 4.74. The fourth-order valence-corrected chi connectivity index (χ4v) is 3.34. The van der Waals surface area contributed by atoms with Gasteiger partial charge in [-0.3, -0.25) is 0 Å². The van der Waals surface area contributed by atoms with Crippen LogP contribution in [0.4, 0.5) is 13.2 Å². The maximum absolute atomic E-state index is 12.7. The van der Waals surface area contributed by atoms with Gasteiger partial charge >= 0.3 is 6.18 Å². The number of benzene rings is 2. The second-order valence-corrected chi connectivity index (χ2v) is 6.74. The van der Waals surface area contributed by atoms with Gasteiger partial charge in [-0.05, 0) is 36.1 Å². The maximum atomic E-state index is 12.7. The van der Waals surface area contributed by atoms with Crippen molar-refractivity contribution in [1.29, 1.82) is 0 Å². The number of nitrogens with zero attached hydrogens (tertiary/aromatic N) is 3. The van der Waals surface area contributed by atoms with Crippen LogP contribution in [0.25, 0.3) is 0 Å². The van der Waals surface area contributed by atoms with Crippen molar-refractivity contribution in [3.05, 3.63) is 83.9 Å². The molecule has 1 atom stereocenters. The van der Waals surface area contributed by atoms with Crippen molar-refractivity contribution >= 4 is 0 Å². The van der Waals surface area contributed by atoms with Crippen molar-refractivity contribution in [3.63, 3.8) is 0 Å². The summed E-state index contributed by atoms with van der Waals surface area (Å²) < 4.78 is 46.2. The van der Waals surface area contributed by atoms with Crippen molar-refractivity contribution in [2.45, 2.75) is 37.3 Å². The third-order valence-electron chi connectivity index (χ3n) is 4.93. The molecule has 2 aromatic carbocycles. The summed E-state index contributed by atoms with van der Waals surface area (Å²) in [7, 11) is 0. The van der Waals surface area contributed by atoms with Gasteiger partial charge in [0.25, 0.3) is 0 Å². The van der Waals surface area contributed by atoms with Crippen LogP contribution in [0, 0.1) is 0 Å². The van der Waals surface area contributed by atoms with Gasteiger partial charge in [-0.15, -0.1) is 0 Å². The van der Waals surface area contributed by atoms with Crippen molar-refractivity contribution in [2.24, 2.45) is 0 Å². The molecular formula is C20H18F3N3O. The first kappa shape index (κ1) is 17.7. The molecule has 1 fully saturated rings. The highest BCUT2D eigenvalue weighted by Gasteiger charge is 2.53. The zero-order valence-corrected chi connectivity index (χ0v) is 14.4. The number of hydrogen-bond donors (Lipinski definition) is 0. The lowest BCUT2D eigenvalue weighted by Crippen LogP contribution is -2.28. The predicted molar refractivity (Wildman–Crippen MR) is 92.6 cm³/mol. The molecule has 3 aromatic rings. The zero-order valence-electron chi connectivity index (χ0n) is 14.4. The topological polar surface area (TPSA) is 39.9 Å². The van der Waals surface area contributed by atoms with E-state index in [1.807, 2.05) is 35.0 Å². The summed E-state index contributed by atoms with van der Waals surface area (Å²) in [4.78, 5) is 4.05. The van der Waals surface area contributed by atoms with E-state index in [0.717, 1.165) is 30.5 Å². The Morgan fingerprint density at radius 3 is 2.30 bits per heavy atom. The number of rotatable bonds is 6. The minimum absolute atomic E-state index is 0.216. The third kappa shape index (κ3) is 3.60. The van der Waals surface area contributed by atoms with E-state index in [2.05, 4.69) is 10.1 Å². The first-order chi connectivity index (χ1) is 13.0. The van der Waals surface area contributed by atoms with Gasteiger partial charge in [-0.25, -0.2) is 9.67 Å². The summed E-state index contributed by atoms with van der Waals surface area (Å²) in [5.74, 6) is 0. The molecule has 1 aliphatic carbocycles. The maximum Gasteiger partial charge on any atom is 0.416 e. The largest absolute Gasteiger partial charge is 0.416 e. The lowest BCUT2D eigenvalue weighted by atomic mass is 10.00. The number of hydrogen-bond acceptors (Lipinski definition) is 3. The van der Waals surface area contributed by atoms with Gasteiger partial charge in [0.15, 0.2) is 0 Å².